The van der Waals surface area contributed by atoms with Crippen molar-refractivity contribution in [2.75, 3.05) is 0 Å². The fourth-order valence-electron chi connectivity index (χ4n) is 6.48. The van der Waals surface area contributed by atoms with Crippen LogP contribution in [-0.2, 0) is 12.8 Å². The topological polar surface area (TPSA) is 43.1 Å². The van der Waals surface area contributed by atoms with E-state index in [0.29, 0.717) is 0 Å². The molecule has 0 saturated carbocycles. The molecule has 0 N–H and O–H groups in total. The van der Waals surface area contributed by atoms with Crippen LogP contribution in [0.25, 0.3) is 60.7 Å². The molecule has 0 atom stereocenters. The maximum absolute atomic E-state index is 5.13. The van der Waals surface area contributed by atoms with Gasteiger partial charge >= 0.3 is 0 Å². The molecule has 4 nitrogen and oxygen atoms in total. The van der Waals surface area contributed by atoms with E-state index in [2.05, 4.69) is 70.0 Å². The van der Waals surface area contributed by atoms with Gasteiger partial charge in [-0.25, -0.2) is 4.98 Å². The summed E-state index contributed by atoms with van der Waals surface area (Å²) in [5, 5.41) is 2.35. The van der Waals surface area contributed by atoms with Crippen LogP contribution in [0.2, 0.25) is 0 Å². The number of rotatable bonds is 0. The first-order valence-corrected chi connectivity index (χ1v) is 12.0. The number of benzene rings is 3. The number of hydrogen-bond donors (Lipinski definition) is 0. The monoisotopic (exact) mass is 446 g/mol. The molecule has 4 heterocycles. The second-order valence-corrected chi connectivity index (χ2v) is 9.71. The quantitative estimate of drug-likeness (QED) is 0.243. The maximum Gasteiger partial charge on any atom is 0.147 e. The zero-order valence-electron chi connectivity index (χ0n) is 18.8. The van der Waals surface area contributed by atoms with Crippen LogP contribution in [-0.4, -0.2) is 19.4 Å². The van der Waals surface area contributed by atoms with E-state index in [4.69, 9.17) is 9.97 Å². The average Bonchev–Trinajstić information content (AvgIpc) is 3.58. The smallest absolute Gasteiger partial charge is 0.147 e. The van der Waals surface area contributed by atoms with Gasteiger partial charge in [-0.3, -0.25) is 14.4 Å². The van der Waals surface area contributed by atoms with E-state index in [1.165, 1.54) is 49.9 Å². The van der Waals surface area contributed by atoms with Gasteiger partial charge in [-0.1, -0.05) is 42.5 Å². The average molecular weight is 447 g/mol. The van der Waals surface area contributed by atoms with Crippen molar-refractivity contribution in [3.63, 3.8) is 0 Å². The second kappa shape index (κ2) is 6.10. The van der Waals surface area contributed by atoms with Crippen molar-refractivity contribution in [1.29, 1.82) is 0 Å². The number of imidazole rings is 1. The number of aromatic nitrogens is 4. The van der Waals surface area contributed by atoms with Gasteiger partial charge in [-0.15, -0.1) is 0 Å². The van der Waals surface area contributed by atoms with Gasteiger partial charge in [-0.2, -0.15) is 0 Å². The predicted molar refractivity (Wildman–Crippen MR) is 140 cm³/mol. The summed E-state index contributed by atoms with van der Waals surface area (Å²) in [6.07, 6.45) is 7.57. The minimum atomic E-state index is 0.906. The maximum atomic E-state index is 5.13. The van der Waals surface area contributed by atoms with E-state index < -0.39 is 0 Å². The van der Waals surface area contributed by atoms with Gasteiger partial charge in [-0.05, 0) is 81.6 Å². The fourth-order valence-corrected chi connectivity index (χ4v) is 6.48. The summed E-state index contributed by atoms with van der Waals surface area (Å²) in [4.78, 5) is 14.3. The Kier molecular flexibility index (Phi) is 3.11. The molecule has 2 aliphatic rings. The number of pyridine rings is 3. The van der Waals surface area contributed by atoms with E-state index in [1.807, 2.05) is 24.7 Å². The Labute approximate surface area is 200 Å². The van der Waals surface area contributed by atoms with Crippen LogP contribution < -0.4 is 0 Å². The van der Waals surface area contributed by atoms with E-state index in [0.717, 1.165) is 45.9 Å². The first-order chi connectivity index (χ1) is 17.3. The highest BCUT2D eigenvalue weighted by molar-refractivity contribution is 6.18. The summed E-state index contributed by atoms with van der Waals surface area (Å²) in [6.45, 7) is 0. The zero-order valence-corrected chi connectivity index (χ0v) is 18.8. The molecule has 0 fully saturated rings. The lowest BCUT2D eigenvalue weighted by atomic mass is 9.94. The molecule has 4 aromatic heterocycles. The Morgan fingerprint density at radius 3 is 2.60 bits per heavy atom. The van der Waals surface area contributed by atoms with Crippen molar-refractivity contribution in [3.8, 4) is 22.3 Å². The lowest BCUT2D eigenvalue weighted by Crippen LogP contribution is -1.95. The molecule has 162 valence electrons. The Morgan fingerprint density at radius 1 is 0.686 bits per heavy atom. The molecule has 9 rings (SSSR count). The SMILES string of the molecule is c1ccc2c(c1)Cc1cc3c(cc1-2)-c1c(ccc2c4ncccc4n4c5ccncc5nc4c12)C3. The second-order valence-electron chi connectivity index (χ2n) is 9.71. The van der Waals surface area contributed by atoms with Crippen LogP contribution in [0.5, 0.6) is 0 Å². The van der Waals surface area contributed by atoms with Crippen molar-refractivity contribution in [2.24, 2.45) is 0 Å². The number of hydrogen-bond acceptors (Lipinski definition) is 3. The van der Waals surface area contributed by atoms with Gasteiger partial charge in [0.15, 0.2) is 0 Å². The Morgan fingerprint density at radius 2 is 1.60 bits per heavy atom. The summed E-state index contributed by atoms with van der Waals surface area (Å²) in [5.74, 6) is 0. The minimum absolute atomic E-state index is 0.906. The van der Waals surface area contributed by atoms with Crippen LogP contribution in [0.4, 0.5) is 0 Å². The third-order valence-corrected chi connectivity index (χ3v) is 7.92. The van der Waals surface area contributed by atoms with Crippen molar-refractivity contribution in [1.82, 2.24) is 19.4 Å². The normalized spacial score (nSPS) is 13.5. The van der Waals surface area contributed by atoms with E-state index >= 15 is 0 Å². The zero-order chi connectivity index (χ0) is 22.7. The van der Waals surface area contributed by atoms with Crippen molar-refractivity contribution in [2.45, 2.75) is 12.8 Å². The van der Waals surface area contributed by atoms with Gasteiger partial charge in [0, 0.05) is 23.2 Å². The number of nitrogens with zero attached hydrogens (tertiary/aromatic N) is 4. The first-order valence-electron chi connectivity index (χ1n) is 12.0. The molecule has 0 bridgehead atoms. The predicted octanol–water partition coefficient (Wildman–Crippen LogP) is 6.73. The van der Waals surface area contributed by atoms with Crippen LogP contribution in [0.3, 0.4) is 0 Å². The Bertz CT molecular complexity index is 2070. The van der Waals surface area contributed by atoms with E-state index in [1.54, 1.807) is 0 Å². The summed E-state index contributed by atoms with van der Waals surface area (Å²) in [6, 6.07) is 24.4. The third-order valence-electron chi connectivity index (χ3n) is 7.92. The van der Waals surface area contributed by atoms with Gasteiger partial charge in [0.2, 0.25) is 0 Å². The molecule has 0 radical (unpaired) electrons. The molecular formula is C31H18N4. The summed E-state index contributed by atoms with van der Waals surface area (Å²) < 4.78 is 2.27. The molecular weight excluding hydrogens is 428 g/mol. The minimum Gasteiger partial charge on any atom is -0.290 e. The molecule has 3 aromatic carbocycles. The summed E-state index contributed by atoms with van der Waals surface area (Å²) in [7, 11) is 0. The molecule has 4 heteroatoms. The van der Waals surface area contributed by atoms with Crippen LogP contribution in [0.1, 0.15) is 22.3 Å². The summed E-state index contributed by atoms with van der Waals surface area (Å²) >= 11 is 0. The van der Waals surface area contributed by atoms with Gasteiger partial charge < -0.3 is 0 Å². The van der Waals surface area contributed by atoms with E-state index in [9.17, 15) is 0 Å². The molecule has 0 saturated heterocycles. The van der Waals surface area contributed by atoms with Crippen molar-refractivity contribution >= 4 is 38.5 Å². The van der Waals surface area contributed by atoms with Gasteiger partial charge in [0.25, 0.3) is 0 Å². The number of fused-ring (bicyclic) bond motifs is 15. The van der Waals surface area contributed by atoms with Crippen LogP contribution in [0, 0.1) is 0 Å². The molecule has 0 spiro atoms. The highest BCUT2D eigenvalue weighted by atomic mass is 15.0. The highest BCUT2D eigenvalue weighted by Crippen LogP contribution is 2.48. The Hall–Kier alpha value is -4.57. The third kappa shape index (κ3) is 2.15. The van der Waals surface area contributed by atoms with Gasteiger partial charge in [0.05, 0.1) is 22.7 Å². The summed E-state index contributed by atoms with van der Waals surface area (Å²) in [5.41, 5.74) is 16.1. The van der Waals surface area contributed by atoms with Crippen LogP contribution >= 0.6 is 0 Å². The van der Waals surface area contributed by atoms with Crippen molar-refractivity contribution < 1.29 is 0 Å². The lowest BCUT2D eigenvalue weighted by Gasteiger charge is -2.13. The first kappa shape index (κ1) is 17.8. The molecule has 2 aliphatic carbocycles. The molecule has 0 aliphatic heterocycles. The standard InChI is InChI=1S/C31H18N4/c1-2-5-21-17(4-1)12-19-14-20-13-18-7-8-22-29(28(18)24(20)15-23(19)21)31-34-25-16-32-11-9-26(25)35(31)27-6-3-10-33-30(22)27/h1-11,14-16H,12-13H2. The molecule has 0 unspecified atom stereocenters. The lowest BCUT2D eigenvalue weighted by molar-refractivity contribution is 1.21. The Balaban J connectivity index is 1.48. The molecule has 7 aromatic rings. The van der Waals surface area contributed by atoms with E-state index in [-0.39, 0.29) is 0 Å². The largest absolute Gasteiger partial charge is 0.290 e. The van der Waals surface area contributed by atoms with Gasteiger partial charge in [0.1, 0.15) is 11.2 Å². The highest BCUT2D eigenvalue weighted by Gasteiger charge is 2.28. The molecule has 0 amide bonds. The molecule has 35 heavy (non-hydrogen) atoms. The van der Waals surface area contributed by atoms with Crippen molar-refractivity contribution in [3.05, 3.63) is 108 Å². The van der Waals surface area contributed by atoms with Crippen LogP contribution in [0.15, 0.2) is 85.3 Å². The fraction of sp³-hybridized carbons (Fsp3) is 0.0645.